The molecular weight excluding hydrogens is 326 g/mol. The van der Waals surface area contributed by atoms with E-state index in [2.05, 4.69) is 0 Å². The molecule has 3 rings (SSSR count). The summed E-state index contributed by atoms with van der Waals surface area (Å²) in [5.74, 6) is -0.679. The first kappa shape index (κ1) is 17.7. The number of benzene rings is 3. The van der Waals surface area contributed by atoms with Crippen molar-refractivity contribution in [3.05, 3.63) is 90.0 Å². The highest BCUT2D eigenvalue weighted by atomic mass is 16.5. The minimum absolute atomic E-state index is 0.124. The fourth-order valence-corrected chi connectivity index (χ4v) is 2.64. The Morgan fingerprint density at radius 3 is 2.04 bits per heavy atom. The topological polar surface area (TPSA) is 72.5 Å². The fourth-order valence-electron chi connectivity index (χ4n) is 2.64. The number of nitrogens with two attached hydrogens (primary N) is 1. The van der Waals surface area contributed by atoms with Crippen molar-refractivity contribution in [1.29, 1.82) is 0 Å². The van der Waals surface area contributed by atoms with E-state index in [1.54, 1.807) is 12.1 Å². The van der Waals surface area contributed by atoms with E-state index in [1.807, 2.05) is 66.7 Å². The summed E-state index contributed by atoms with van der Waals surface area (Å²) in [5.41, 5.74) is 8.03. The van der Waals surface area contributed by atoms with E-state index >= 15 is 0 Å². The van der Waals surface area contributed by atoms with Crippen molar-refractivity contribution < 1.29 is 14.6 Å². The van der Waals surface area contributed by atoms with Gasteiger partial charge in [0.25, 0.3) is 0 Å². The van der Waals surface area contributed by atoms with Gasteiger partial charge in [-0.2, -0.15) is 0 Å². The SMILES string of the molecule is CC(O)(C(=O)OCc1ccccc1)c1ccc(-c2ccc(N)cc2)cc1. The zero-order chi connectivity index (χ0) is 18.6. The third-order valence-corrected chi connectivity index (χ3v) is 4.30. The van der Waals surface area contributed by atoms with Gasteiger partial charge in [0, 0.05) is 5.69 Å². The maximum absolute atomic E-state index is 12.3. The molecule has 1 atom stereocenters. The second-order valence-electron chi connectivity index (χ2n) is 6.33. The summed E-state index contributed by atoms with van der Waals surface area (Å²) in [6, 6.07) is 24.1. The third kappa shape index (κ3) is 3.92. The van der Waals surface area contributed by atoms with Crippen molar-refractivity contribution in [1.82, 2.24) is 0 Å². The van der Waals surface area contributed by atoms with Gasteiger partial charge in [-0.3, -0.25) is 0 Å². The Balaban J connectivity index is 1.72. The lowest BCUT2D eigenvalue weighted by molar-refractivity contribution is -0.166. The van der Waals surface area contributed by atoms with Crippen LogP contribution in [0.25, 0.3) is 11.1 Å². The number of ether oxygens (including phenoxy) is 1. The van der Waals surface area contributed by atoms with Crippen molar-refractivity contribution in [3.63, 3.8) is 0 Å². The number of carbonyl (C=O) groups is 1. The molecule has 0 aliphatic carbocycles. The van der Waals surface area contributed by atoms with Crippen molar-refractivity contribution >= 4 is 11.7 Å². The second-order valence-corrected chi connectivity index (χ2v) is 6.33. The van der Waals surface area contributed by atoms with Crippen molar-refractivity contribution in [2.75, 3.05) is 5.73 Å². The summed E-state index contributed by atoms with van der Waals surface area (Å²) in [7, 11) is 0. The summed E-state index contributed by atoms with van der Waals surface area (Å²) >= 11 is 0. The number of hydrogen-bond acceptors (Lipinski definition) is 4. The van der Waals surface area contributed by atoms with Crippen LogP contribution in [0.4, 0.5) is 5.69 Å². The van der Waals surface area contributed by atoms with Gasteiger partial charge >= 0.3 is 5.97 Å². The van der Waals surface area contributed by atoms with E-state index in [1.165, 1.54) is 6.92 Å². The number of nitrogen functional groups attached to an aromatic ring is 1. The van der Waals surface area contributed by atoms with Gasteiger partial charge in [0.1, 0.15) is 6.61 Å². The van der Waals surface area contributed by atoms with Gasteiger partial charge in [-0.15, -0.1) is 0 Å². The largest absolute Gasteiger partial charge is 0.458 e. The quantitative estimate of drug-likeness (QED) is 0.542. The van der Waals surface area contributed by atoms with Crippen LogP contribution in [0.1, 0.15) is 18.1 Å². The number of carbonyl (C=O) groups excluding carboxylic acids is 1. The predicted octanol–water partition coefficient (Wildman–Crippen LogP) is 3.89. The zero-order valence-electron chi connectivity index (χ0n) is 14.6. The van der Waals surface area contributed by atoms with Crippen LogP contribution in [0, 0.1) is 0 Å². The Hall–Kier alpha value is -3.11. The molecule has 0 saturated heterocycles. The van der Waals surface area contributed by atoms with Crippen LogP contribution in [0.3, 0.4) is 0 Å². The lowest BCUT2D eigenvalue weighted by atomic mass is 9.94. The molecular formula is C22H21NO3. The second kappa shape index (κ2) is 7.42. The van der Waals surface area contributed by atoms with E-state index in [0.717, 1.165) is 16.7 Å². The van der Waals surface area contributed by atoms with Gasteiger partial charge in [0.05, 0.1) is 0 Å². The van der Waals surface area contributed by atoms with Crippen LogP contribution in [-0.4, -0.2) is 11.1 Å². The first-order valence-electron chi connectivity index (χ1n) is 8.37. The summed E-state index contributed by atoms with van der Waals surface area (Å²) in [4.78, 5) is 12.3. The van der Waals surface area contributed by atoms with Crippen molar-refractivity contribution in [2.45, 2.75) is 19.1 Å². The lowest BCUT2D eigenvalue weighted by Crippen LogP contribution is -2.34. The first-order valence-corrected chi connectivity index (χ1v) is 8.37. The predicted molar refractivity (Wildman–Crippen MR) is 102 cm³/mol. The van der Waals surface area contributed by atoms with Gasteiger partial charge < -0.3 is 15.6 Å². The molecule has 0 bridgehead atoms. The molecule has 0 amide bonds. The average Bonchev–Trinajstić information content (AvgIpc) is 2.67. The fraction of sp³-hybridized carbons (Fsp3) is 0.136. The number of anilines is 1. The molecule has 0 radical (unpaired) electrons. The molecule has 0 heterocycles. The van der Waals surface area contributed by atoms with Gasteiger partial charge in [0.2, 0.25) is 0 Å². The summed E-state index contributed by atoms with van der Waals surface area (Å²) in [5, 5.41) is 10.6. The van der Waals surface area contributed by atoms with Gasteiger partial charge in [-0.05, 0) is 41.3 Å². The molecule has 3 aromatic rings. The van der Waals surface area contributed by atoms with Crippen LogP contribution in [0.5, 0.6) is 0 Å². The standard InChI is InChI=1S/C22H21NO3/c1-22(25,21(24)26-15-16-5-3-2-4-6-16)19-11-7-17(8-12-19)18-9-13-20(23)14-10-18/h2-14,25H,15,23H2,1H3. The zero-order valence-corrected chi connectivity index (χ0v) is 14.6. The summed E-state index contributed by atoms with van der Waals surface area (Å²) in [6.07, 6.45) is 0. The maximum atomic E-state index is 12.3. The summed E-state index contributed by atoms with van der Waals surface area (Å²) < 4.78 is 5.27. The molecule has 0 fully saturated rings. The van der Waals surface area contributed by atoms with Gasteiger partial charge in [0.15, 0.2) is 5.60 Å². The third-order valence-electron chi connectivity index (χ3n) is 4.30. The minimum Gasteiger partial charge on any atom is -0.458 e. The van der Waals surface area contributed by atoms with Gasteiger partial charge in [-0.25, -0.2) is 4.79 Å². The minimum atomic E-state index is -1.71. The Labute approximate surface area is 152 Å². The van der Waals surface area contributed by atoms with Crippen LogP contribution in [0.15, 0.2) is 78.9 Å². The van der Waals surface area contributed by atoms with E-state index < -0.39 is 11.6 Å². The highest BCUT2D eigenvalue weighted by Gasteiger charge is 2.34. The number of aliphatic hydroxyl groups is 1. The maximum Gasteiger partial charge on any atom is 0.342 e. The lowest BCUT2D eigenvalue weighted by Gasteiger charge is -2.22. The molecule has 0 spiro atoms. The van der Waals surface area contributed by atoms with Crippen LogP contribution in [-0.2, 0) is 21.7 Å². The molecule has 132 valence electrons. The van der Waals surface area contributed by atoms with Crippen LogP contribution in [0.2, 0.25) is 0 Å². The highest BCUT2D eigenvalue weighted by Crippen LogP contribution is 2.27. The van der Waals surface area contributed by atoms with E-state index in [0.29, 0.717) is 11.3 Å². The number of hydrogen-bond donors (Lipinski definition) is 2. The average molecular weight is 347 g/mol. The molecule has 26 heavy (non-hydrogen) atoms. The number of esters is 1. The number of rotatable bonds is 5. The monoisotopic (exact) mass is 347 g/mol. The van der Waals surface area contributed by atoms with Gasteiger partial charge in [-0.1, -0.05) is 66.7 Å². The molecule has 0 aromatic heterocycles. The first-order chi connectivity index (χ1) is 12.5. The molecule has 4 heteroatoms. The van der Waals surface area contributed by atoms with E-state index in [-0.39, 0.29) is 6.61 Å². The highest BCUT2D eigenvalue weighted by molar-refractivity contribution is 5.81. The van der Waals surface area contributed by atoms with Crippen LogP contribution >= 0.6 is 0 Å². The molecule has 3 aromatic carbocycles. The van der Waals surface area contributed by atoms with Crippen molar-refractivity contribution in [3.8, 4) is 11.1 Å². The Kier molecular flexibility index (Phi) is 5.05. The normalized spacial score (nSPS) is 13.0. The molecule has 0 aliphatic rings. The summed E-state index contributed by atoms with van der Waals surface area (Å²) in [6.45, 7) is 1.57. The smallest absolute Gasteiger partial charge is 0.342 e. The molecule has 0 saturated carbocycles. The Morgan fingerprint density at radius 1 is 0.923 bits per heavy atom. The van der Waals surface area contributed by atoms with Crippen LogP contribution < -0.4 is 5.73 Å². The molecule has 1 unspecified atom stereocenters. The molecule has 4 nitrogen and oxygen atoms in total. The molecule has 3 N–H and O–H groups in total. The Morgan fingerprint density at radius 2 is 1.46 bits per heavy atom. The van der Waals surface area contributed by atoms with E-state index in [4.69, 9.17) is 10.5 Å². The Bertz CT molecular complexity index is 870. The van der Waals surface area contributed by atoms with E-state index in [9.17, 15) is 9.90 Å². The molecule has 0 aliphatic heterocycles. The van der Waals surface area contributed by atoms with Crippen molar-refractivity contribution in [2.24, 2.45) is 0 Å².